The van der Waals surface area contributed by atoms with Gasteiger partial charge in [0, 0.05) is 34.8 Å². The zero-order valence-corrected chi connectivity index (χ0v) is 15.4. The third-order valence-corrected chi connectivity index (χ3v) is 4.84. The number of amides is 1. The molecule has 2 heterocycles. The van der Waals surface area contributed by atoms with Gasteiger partial charge in [0.05, 0.1) is 16.1 Å². The van der Waals surface area contributed by atoms with Crippen molar-refractivity contribution in [3.8, 4) is 11.3 Å². The SMILES string of the molecule is CSNc1cccc(NC(=O)c2cc(-c3cc(C(=O)O)ccn3)cs2)c1. The molecule has 0 aliphatic carbocycles. The lowest BCUT2D eigenvalue weighted by atomic mass is 10.1. The molecule has 0 saturated heterocycles. The number of aromatic nitrogens is 1. The number of hydrogen-bond donors (Lipinski definition) is 3. The molecule has 1 aromatic carbocycles. The van der Waals surface area contributed by atoms with Gasteiger partial charge in [-0.25, -0.2) is 4.79 Å². The monoisotopic (exact) mass is 385 g/mol. The zero-order chi connectivity index (χ0) is 18.5. The second kappa shape index (κ2) is 8.03. The summed E-state index contributed by atoms with van der Waals surface area (Å²) in [6.45, 7) is 0. The molecule has 26 heavy (non-hydrogen) atoms. The van der Waals surface area contributed by atoms with Crippen molar-refractivity contribution in [3.63, 3.8) is 0 Å². The van der Waals surface area contributed by atoms with E-state index in [9.17, 15) is 9.59 Å². The third-order valence-electron chi connectivity index (χ3n) is 3.47. The van der Waals surface area contributed by atoms with Crippen LogP contribution in [0.4, 0.5) is 11.4 Å². The molecule has 0 aliphatic rings. The fourth-order valence-corrected chi connectivity index (χ4v) is 3.44. The van der Waals surface area contributed by atoms with Crippen molar-refractivity contribution < 1.29 is 14.7 Å². The molecule has 1 amide bonds. The molecular weight excluding hydrogens is 370 g/mol. The van der Waals surface area contributed by atoms with E-state index in [-0.39, 0.29) is 11.5 Å². The Morgan fingerprint density at radius 1 is 1.15 bits per heavy atom. The van der Waals surface area contributed by atoms with E-state index in [4.69, 9.17) is 5.11 Å². The lowest BCUT2D eigenvalue weighted by Gasteiger charge is -2.06. The van der Waals surface area contributed by atoms with Crippen LogP contribution in [0.1, 0.15) is 20.0 Å². The Morgan fingerprint density at radius 2 is 1.96 bits per heavy atom. The number of nitrogens with zero attached hydrogens (tertiary/aromatic N) is 1. The number of carbonyl (C=O) groups is 2. The van der Waals surface area contributed by atoms with Gasteiger partial charge in [-0.2, -0.15) is 0 Å². The summed E-state index contributed by atoms with van der Waals surface area (Å²) in [5.74, 6) is -1.24. The van der Waals surface area contributed by atoms with Gasteiger partial charge in [-0.1, -0.05) is 18.0 Å². The van der Waals surface area contributed by atoms with Crippen LogP contribution in [0.25, 0.3) is 11.3 Å². The summed E-state index contributed by atoms with van der Waals surface area (Å²) in [4.78, 5) is 28.2. The van der Waals surface area contributed by atoms with E-state index in [1.54, 1.807) is 11.4 Å². The van der Waals surface area contributed by atoms with Gasteiger partial charge in [-0.3, -0.25) is 9.78 Å². The van der Waals surface area contributed by atoms with Crippen LogP contribution in [0.3, 0.4) is 0 Å². The molecule has 0 spiro atoms. The smallest absolute Gasteiger partial charge is 0.335 e. The molecule has 3 aromatic rings. The van der Waals surface area contributed by atoms with E-state index < -0.39 is 5.97 Å². The molecule has 0 aliphatic heterocycles. The molecule has 0 unspecified atom stereocenters. The van der Waals surface area contributed by atoms with Crippen molar-refractivity contribution >= 4 is 46.5 Å². The van der Waals surface area contributed by atoms with Gasteiger partial charge in [-0.15, -0.1) is 11.3 Å². The van der Waals surface area contributed by atoms with Gasteiger partial charge in [0.1, 0.15) is 0 Å². The van der Waals surface area contributed by atoms with Gasteiger partial charge < -0.3 is 15.1 Å². The Kier molecular flexibility index (Phi) is 5.55. The first-order valence-corrected chi connectivity index (χ1v) is 9.66. The highest BCUT2D eigenvalue weighted by molar-refractivity contribution is 7.99. The van der Waals surface area contributed by atoms with Crippen molar-refractivity contribution in [2.24, 2.45) is 0 Å². The molecule has 2 aromatic heterocycles. The first-order chi connectivity index (χ1) is 12.6. The zero-order valence-electron chi connectivity index (χ0n) is 13.7. The van der Waals surface area contributed by atoms with Crippen LogP contribution in [0.5, 0.6) is 0 Å². The van der Waals surface area contributed by atoms with Crippen LogP contribution < -0.4 is 10.0 Å². The molecule has 0 radical (unpaired) electrons. The highest BCUT2D eigenvalue weighted by Gasteiger charge is 2.13. The number of pyridine rings is 1. The summed E-state index contributed by atoms with van der Waals surface area (Å²) in [5, 5.41) is 13.7. The maximum absolute atomic E-state index is 12.5. The normalized spacial score (nSPS) is 10.3. The van der Waals surface area contributed by atoms with E-state index in [0.717, 1.165) is 5.69 Å². The Hall–Kier alpha value is -2.84. The lowest BCUT2D eigenvalue weighted by Crippen LogP contribution is -2.10. The number of nitrogens with one attached hydrogen (secondary N) is 2. The van der Waals surface area contributed by atoms with Crippen molar-refractivity contribution in [2.45, 2.75) is 0 Å². The number of carboxylic acid groups (broad SMARTS) is 1. The van der Waals surface area contributed by atoms with E-state index in [1.165, 1.54) is 41.6 Å². The largest absolute Gasteiger partial charge is 0.478 e. The van der Waals surface area contributed by atoms with Gasteiger partial charge in [-0.05, 0) is 36.4 Å². The predicted octanol–water partition coefficient (Wildman–Crippen LogP) is 4.45. The van der Waals surface area contributed by atoms with Crippen LogP contribution in [-0.2, 0) is 0 Å². The first kappa shape index (κ1) is 18.0. The molecule has 0 bridgehead atoms. The minimum absolute atomic E-state index is 0.158. The topological polar surface area (TPSA) is 91.3 Å². The third kappa shape index (κ3) is 4.22. The average Bonchev–Trinajstić information content (AvgIpc) is 3.13. The van der Waals surface area contributed by atoms with Crippen LogP contribution in [0, 0.1) is 0 Å². The predicted molar refractivity (Wildman–Crippen MR) is 106 cm³/mol. The fraction of sp³-hybridized carbons (Fsp3) is 0.0556. The average molecular weight is 385 g/mol. The van der Waals surface area contributed by atoms with E-state index >= 15 is 0 Å². The Balaban J connectivity index is 1.77. The summed E-state index contributed by atoms with van der Waals surface area (Å²) < 4.78 is 3.11. The molecule has 0 fully saturated rings. The number of rotatable bonds is 6. The Bertz CT molecular complexity index is 956. The minimum Gasteiger partial charge on any atom is -0.478 e. The summed E-state index contributed by atoms with van der Waals surface area (Å²) in [7, 11) is 0. The van der Waals surface area contributed by atoms with Crippen molar-refractivity contribution in [3.05, 3.63) is 64.5 Å². The summed E-state index contributed by atoms with van der Waals surface area (Å²) in [6, 6.07) is 12.1. The van der Waals surface area contributed by atoms with Gasteiger partial charge >= 0.3 is 5.97 Å². The number of carbonyl (C=O) groups excluding carboxylic acids is 1. The van der Waals surface area contributed by atoms with Gasteiger partial charge in [0.15, 0.2) is 0 Å². The molecule has 0 atom stereocenters. The van der Waals surface area contributed by atoms with Crippen LogP contribution in [0.2, 0.25) is 0 Å². The number of benzene rings is 1. The van der Waals surface area contributed by atoms with Crippen molar-refractivity contribution in [1.82, 2.24) is 4.98 Å². The number of carboxylic acids is 1. The molecular formula is C18H15N3O3S2. The second-order valence-electron chi connectivity index (χ2n) is 5.28. The van der Waals surface area contributed by atoms with Gasteiger partial charge in [0.2, 0.25) is 0 Å². The van der Waals surface area contributed by atoms with Crippen molar-refractivity contribution in [2.75, 3.05) is 16.3 Å². The molecule has 8 heteroatoms. The number of anilines is 2. The number of thiophene rings is 1. The van der Waals surface area contributed by atoms with Gasteiger partial charge in [0.25, 0.3) is 5.91 Å². The summed E-state index contributed by atoms with van der Waals surface area (Å²) >= 11 is 2.75. The molecule has 3 rings (SSSR count). The summed E-state index contributed by atoms with van der Waals surface area (Å²) in [6.07, 6.45) is 3.37. The highest BCUT2D eigenvalue weighted by atomic mass is 32.2. The number of aromatic carboxylic acids is 1. The quantitative estimate of drug-likeness (QED) is 0.543. The van der Waals surface area contributed by atoms with Crippen LogP contribution in [0.15, 0.2) is 54.0 Å². The van der Waals surface area contributed by atoms with E-state index in [0.29, 0.717) is 21.8 Å². The molecule has 132 valence electrons. The lowest BCUT2D eigenvalue weighted by molar-refractivity contribution is 0.0696. The standard InChI is InChI=1S/C18H15N3O3S2/c1-25-21-14-4-2-3-13(9-14)20-17(22)16-8-12(10-26-16)15-7-11(18(23)24)5-6-19-15/h2-10,21H,1H3,(H,20,22)(H,23,24). The van der Waals surface area contributed by atoms with E-state index in [2.05, 4.69) is 15.0 Å². The molecule has 0 saturated carbocycles. The Labute approximate surface area is 158 Å². The molecule has 3 N–H and O–H groups in total. The summed E-state index contributed by atoms with van der Waals surface area (Å²) in [5.41, 5.74) is 2.98. The van der Waals surface area contributed by atoms with Crippen LogP contribution >= 0.6 is 23.3 Å². The van der Waals surface area contributed by atoms with Crippen LogP contribution in [-0.4, -0.2) is 28.2 Å². The minimum atomic E-state index is -1.01. The fourth-order valence-electron chi connectivity index (χ4n) is 2.28. The van der Waals surface area contributed by atoms with Crippen molar-refractivity contribution in [1.29, 1.82) is 0 Å². The highest BCUT2D eigenvalue weighted by Crippen LogP contribution is 2.26. The number of hydrogen-bond acceptors (Lipinski definition) is 6. The first-order valence-electron chi connectivity index (χ1n) is 7.55. The second-order valence-corrected chi connectivity index (χ2v) is 6.80. The maximum Gasteiger partial charge on any atom is 0.335 e. The molecule has 6 nitrogen and oxygen atoms in total. The maximum atomic E-state index is 12.5. The van der Waals surface area contributed by atoms with E-state index in [1.807, 2.05) is 30.5 Å². The Morgan fingerprint density at radius 3 is 2.73 bits per heavy atom.